The van der Waals surface area contributed by atoms with Crippen LogP contribution in [0.4, 0.5) is 0 Å². The van der Waals surface area contributed by atoms with Crippen molar-refractivity contribution in [1.82, 2.24) is 10.3 Å². The number of para-hydroxylation sites is 1. The molecule has 1 atom stereocenters. The quantitative estimate of drug-likeness (QED) is 0.913. The Bertz CT molecular complexity index is 530. The van der Waals surface area contributed by atoms with Gasteiger partial charge in [0.1, 0.15) is 0 Å². The van der Waals surface area contributed by atoms with Crippen LogP contribution in [-0.2, 0) is 11.3 Å². The van der Waals surface area contributed by atoms with Gasteiger partial charge in [0.2, 0.25) is 0 Å². The predicted octanol–water partition coefficient (Wildman–Crippen LogP) is 2.75. The lowest BCUT2D eigenvalue weighted by molar-refractivity contribution is 0.0788. The highest BCUT2D eigenvalue weighted by atomic mass is 16.5. The predicted molar refractivity (Wildman–Crippen MR) is 77.0 cm³/mol. The molecule has 1 saturated heterocycles. The van der Waals surface area contributed by atoms with Gasteiger partial charge in [0.15, 0.2) is 0 Å². The van der Waals surface area contributed by atoms with Gasteiger partial charge in [-0.05, 0) is 31.4 Å². The lowest BCUT2D eigenvalue weighted by atomic mass is 10.0. The number of pyridine rings is 1. The maximum atomic E-state index is 5.89. The van der Waals surface area contributed by atoms with Gasteiger partial charge in [-0.2, -0.15) is 0 Å². The van der Waals surface area contributed by atoms with E-state index >= 15 is 0 Å². The summed E-state index contributed by atoms with van der Waals surface area (Å²) in [5.41, 5.74) is 2.24. The Balaban J connectivity index is 1.62. The first-order valence-electron chi connectivity index (χ1n) is 7.04. The molecule has 1 fully saturated rings. The number of ether oxygens (including phenoxy) is 1. The zero-order valence-electron chi connectivity index (χ0n) is 11.1. The van der Waals surface area contributed by atoms with E-state index in [1.165, 1.54) is 23.8 Å². The number of hydrogen-bond donors (Lipinski definition) is 1. The first-order chi connectivity index (χ1) is 9.43. The summed E-state index contributed by atoms with van der Waals surface area (Å²) in [5.74, 6) is 0.664. The van der Waals surface area contributed by atoms with Crippen molar-refractivity contribution in [2.75, 3.05) is 19.7 Å². The third-order valence-corrected chi connectivity index (χ3v) is 3.73. The summed E-state index contributed by atoms with van der Waals surface area (Å²) in [6.45, 7) is 3.75. The standard InChI is InChI=1S/C16H20N2O/c1-5-14-7-3-9-18-16(14)15(6-1)12-19-11-13-4-2-8-17-10-13/h1,3,5-7,9,13,17H,2,4,8,10-12H2. The third-order valence-electron chi connectivity index (χ3n) is 3.73. The van der Waals surface area contributed by atoms with Gasteiger partial charge < -0.3 is 10.1 Å². The van der Waals surface area contributed by atoms with Gasteiger partial charge in [0, 0.05) is 23.7 Å². The Kier molecular flexibility index (Phi) is 4.06. The topological polar surface area (TPSA) is 34.1 Å². The lowest BCUT2D eigenvalue weighted by Gasteiger charge is -2.22. The molecule has 3 nitrogen and oxygen atoms in total. The minimum Gasteiger partial charge on any atom is -0.376 e. The third kappa shape index (κ3) is 3.11. The highest BCUT2D eigenvalue weighted by Gasteiger charge is 2.13. The second-order valence-electron chi connectivity index (χ2n) is 5.22. The Morgan fingerprint density at radius 1 is 1.26 bits per heavy atom. The van der Waals surface area contributed by atoms with E-state index in [9.17, 15) is 0 Å². The van der Waals surface area contributed by atoms with E-state index in [1.54, 1.807) is 0 Å². The smallest absolute Gasteiger partial charge is 0.0757 e. The summed E-state index contributed by atoms with van der Waals surface area (Å²) >= 11 is 0. The highest BCUT2D eigenvalue weighted by Crippen LogP contribution is 2.17. The van der Waals surface area contributed by atoms with Crippen LogP contribution in [0, 0.1) is 5.92 Å². The summed E-state index contributed by atoms with van der Waals surface area (Å²) in [7, 11) is 0. The minimum absolute atomic E-state index is 0.658. The fourth-order valence-electron chi connectivity index (χ4n) is 2.69. The number of piperidine rings is 1. The van der Waals surface area contributed by atoms with E-state index < -0.39 is 0 Å². The van der Waals surface area contributed by atoms with Gasteiger partial charge in [-0.1, -0.05) is 24.3 Å². The molecule has 2 aromatic rings. The largest absolute Gasteiger partial charge is 0.376 e. The van der Waals surface area contributed by atoms with Gasteiger partial charge in [0.25, 0.3) is 0 Å². The Morgan fingerprint density at radius 2 is 2.21 bits per heavy atom. The van der Waals surface area contributed by atoms with Crippen LogP contribution in [0.1, 0.15) is 18.4 Å². The number of aromatic nitrogens is 1. The van der Waals surface area contributed by atoms with E-state index in [4.69, 9.17) is 4.74 Å². The van der Waals surface area contributed by atoms with Crippen molar-refractivity contribution in [3.63, 3.8) is 0 Å². The molecular weight excluding hydrogens is 236 g/mol. The van der Waals surface area contributed by atoms with Crippen LogP contribution in [0.5, 0.6) is 0 Å². The summed E-state index contributed by atoms with van der Waals surface area (Å²) in [6, 6.07) is 10.3. The van der Waals surface area contributed by atoms with E-state index in [1.807, 2.05) is 12.3 Å². The SMILES string of the molecule is c1cnc2c(COCC3CCCNC3)cccc2c1. The minimum atomic E-state index is 0.658. The Labute approximate surface area is 114 Å². The fraction of sp³-hybridized carbons (Fsp3) is 0.438. The average molecular weight is 256 g/mol. The first kappa shape index (κ1) is 12.6. The number of rotatable bonds is 4. The summed E-state index contributed by atoms with van der Waals surface area (Å²) in [4.78, 5) is 4.45. The molecule has 0 amide bonds. The van der Waals surface area contributed by atoms with Crippen LogP contribution >= 0.6 is 0 Å². The summed E-state index contributed by atoms with van der Waals surface area (Å²) < 4.78 is 5.89. The molecule has 0 saturated carbocycles. The molecular formula is C16H20N2O. The van der Waals surface area contributed by atoms with Crippen LogP contribution in [0.25, 0.3) is 10.9 Å². The molecule has 1 N–H and O–H groups in total. The molecule has 0 radical (unpaired) electrons. The molecule has 0 aliphatic carbocycles. The van der Waals surface area contributed by atoms with Crippen molar-refractivity contribution in [2.24, 2.45) is 5.92 Å². The number of fused-ring (bicyclic) bond motifs is 1. The van der Waals surface area contributed by atoms with E-state index in [0.29, 0.717) is 12.5 Å². The average Bonchev–Trinajstić information content (AvgIpc) is 2.49. The van der Waals surface area contributed by atoms with E-state index in [-0.39, 0.29) is 0 Å². The van der Waals surface area contributed by atoms with Gasteiger partial charge in [0.05, 0.1) is 18.7 Å². The Hall–Kier alpha value is -1.45. The van der Waals surface area contributed by atoms with Gasteiger partial charge in [-0.3, -0.25) is 4.98 Å². The Morgan fingerprint density at radius 3 is 3.11 bits per heavy atom. The van der Waals surface area contributed by atoms with Crippen molar-refractivity contribution in [1.29, 1.82) is 0 Å². The van der Waals surface area contributed by atoms with Crippen molar-refractivity contribution >= 4 is 10.9 Å². The summed E-state index contributed by atoms with van der Waals surface area (Å²) in [5, 5.41) is 4.60. The van der Waals surface area contributed by atoms with Crippen LogP contribution in [-0.4, -0.2) is 24.7 Å². The van der Waals surface area contributed by atoms with E-state index in [2.05, 4.69) is 34.6 Å². The molecule has 1 aromatic carbocycles. The second-order valence-corrected chi connectivity index (χ2v) is 5.22. The van der Waals surface area contributed by atoms with E-state index in [0.717, 1.165) is 25.2 Å². The molecule has 19 heavy (non-hydrogen) atoms. The first-order valence-corrected chi connectivity index (χ1v) is 7.04. The van der Waals surface area contributed by atoms with Crippen molar-refractivity contribution in [2.45, 2.75) is 19.4 Å². The maximum Gasteiger partial charge on any atom is 0.0757 e. The normalized spacial score (nSPS) is 19.7. The van der Waals surface area contributed by atoms with Crippen molar-refractivity contribution < 1.29 is 4.74 Å². The number of nitrogens with one attached hydrogen (secondary N) is 1. The summed E-state index contributed by atoms with van der Waals surface area (Å²) in [6.07, 6.45) is 4.39. The molecule has 1 aromatic heterocycles. The van der Waals surface area contributed by atoms with Crippen LogP contribution in [0.2, 0.25) is 0 Å². The molecule has 3 rings (SSSR count). The number of nitrogens with zero attached hydrogens (tertiary/aromatic N) is 1. The monoisotopic (exact) mass is 256 g/mol. The van der Waals surface area contributed by atoms with Gasteiger partial charge in [-0.15, -0.1) is 0 Å². The second kappa shape index (κ2) is 6.13. The maximum absolute atomic E-state index is 5.89. The zero-order chi connectivity index (χ0) is 12.9. The molecule has 2 heterocycles. The zero-order valence-corrected chi connectivity index (χ0v) is 11.1. The van der Waals surface area contributed by atoms with Crippen molar-refractivity contribution in [3.8, 4) is 0 Å². The van der Waals surface area contributed by atoms with Crippen LogP contribution < -0.4 is 5.32 Å². The lowest BCUT2D eigenvalue weighted by Crippen LogP contribution is -2.32. The van der Waals surface area contributed by atoms with Gasteiger partial charge >= 0.3 is 0 Å². The molecule has 1 aliphatic heterocycles. The number of benzene rings is 1. The van der Waals surface area contributed by atoms with Gasteiger partial charge in [-0.25, -0.2) is 0 Å². The van der Waals surface area contributed by atoms with Crippen LogP contribution in [0.3, 0.4) is 0 Å². The fourth-order valence-corrected chi connectivity index (χ4v) is 2.69. The number of hydrogen-bond acceptors (Lipinski definition) is 3. The molecule has 1 aliphatic rings. The highest BCUT2D eigenvalue weighted by molar-refractivity contribution is 5.81. The molecule has 1 unspecified atom stereocenters. The molecule has 3 heteroatoms. The van der Waals surface area contributed by atoms with Crippen LogP contribution in [0.15, 0.2) is 36.5 Å². The molecule has 100 valence electrons. The van der Waals surface area contributed by atoms with Crippen molar-refractivity contribution in [3.05, 3.63) is 42.1 Å². The molecule has 0 bridgehead atoms. The molecule has 0 spiro atoms.